The lowest BCUT2D eigenvalue weighted by Gasteiger charge is -2.12. The monoisotopic (exact) mass is 379 g/mol. The van der Waals surface area contributed by atoms with E-state index in [1.165, 1.54) is 0 Å². The van der Waals surface area contributed by atoms with Gasteiger partial charge in [-0.15, -0.1) is 0 Å². The van der Waals surface area contributed by atoms with Gasteiger partial charge in [-0.1, -0.05) is 37.2 Å². The summed E-state index contributed by atoms with van der Waals surface area (Å²) < 4.78 is 0. The normalized spacial score (nSPS) is 11.4. The molecule has 0 saturated heterocycles. The summed E-state index contributed by atoms with van der Waals surface area (Å²) >= 11 is 6.33. The molecule has 3 aromatic rings. The maximum atomic E-state index is 6.33. The van der Waals surface area contributed by atoms with Gasteiger partial charge in [-0.05, 0) is 43.7 Å². The van der Waals surface area contributed by atoms with Crippen molar-refractivity contribution in [2.45, 2.75) is 20.3 Å². The van der Waals surface area contributed by atoms with Crippen LogP contribution in [0.2, 0.25) is 5.02 Å². The molecule has 3 rings (SSSR count). The quantitative estimate of drug-likeness (QED) is 0.554. The van der Waals surface area contributed by atoms with Crippen LogP contribution >= 0.6 is 11.6 Å². The summed E-state index contributed by atoms with van der Waals surface area (Å²) in [5, 5.41) is 8.02. The number of halogens is 1. The molecule has 0 amide bonds. The van der Waals surface area contributed by atoms with Crippen LogP contribution in [-0.2, 0) is 0 Å². The van der Waals surface area contributed by atoms with E-state index < -0.39 is 0 Å². The second-order valence-electron chi connectivity index (χ2n) is 6.15. The molecule has 2 aromatic heterocycles. The highest BCUT2D eigenvalue weighted by Gasteiger charge is 2.12. The summed E-state index contributed by atoms with van der Waals surface area (Å²) in [5.41, 5.74) is 3.13. The highest BCUT2D eigenvalue weighted by molar-refractivity contribution is 6.33. The number of nitrogens with one attached hydrogen (secondary N) is 2. The maximum absolute atomic E-state index is 6.33. The lowest BCUT2D eigenvalue weighted by molar-refractivity contribution is 0.769. The third kappa shape index (κ3) is 4.63. The van der Waals surface area contributed by atoms with Crippen LogP contribution in [0.15, 0.2) is 66.6 Å². The minimum atomic E-state index is 0.520. The van der Waals surface area contributed by atoms with Crippen molar-refractivity contribution >= 4 is 28.5 Å². The molecule has 0 fully saturated rings. The Labute approximate surface area is 164 Å². The highest BCUT2D eigenvalue weighted by atomic mass is 35.5. The Balaban J connectivity index is 1.99. The van der Waals surface area contributed by atoms with E-state index in [2.05, 4.69) is 39.1 Å². The van der Waals surface area contributed by atoms with Gasteiger partial charge in [-0.2, -0.15) is 0 Å². The van der Waals surface area contributed by atoms with Crippen LogP contribution in [-0.4, -0.2) is 21.5 Å². The molecule has 1 aromatic carbocycles. The first-order chi connectivity index (χ1) is 13.1. The number of allylic oxidation sites excluding steroid dienone is 2. The number of fused-ring (bicyclic) bond motifs is 1. The Kier molecular flexibility index (Phi) is 6.04. The second-order valence-corrected chi connectivity index (χ2v) is 6.56. The number of rotatable bonds is 7. The van der Waals surface area contributed by atoms with Crippen LogP contribution in [0.1, 0.15) is 20.3 Å². The van der Waals surface area contributed by atoms with Crippen molar-refractivity contribution in [3.05, 3.63) is 71.7 Å². The summed E-state index contributed by atoms with van der Waals surface area (Å²) in [6.07, 6.45) is 4.73. The van der Waals surface area contributed by atoms with E-state index in [9.17, 15) is 0 Å². The third-order valence-electron chi connectivity index (χ3n) is 3.91. The SMILES string of the molecule is C=C(/C=C(/C)NCCC)Nc1nc(-c2ccccc2Cl)nc2ncccc12. The number of aromatic nitrogens is 3. The summed E-state index contributed by atoms with van der Waals surface area (Å²) in [7, 11) is 0. The molecule has 0 spiro atoms. The van der Waals surface area contributed by atoms with Crippen LogP contribution in [0.3, 0.4) is 0 Å². The number of benzene rings is 1. The minimum absolute atomic E-state index is 0.520. The van der Waals surface area contributed by atoms with E-state index in [-0.39, 0.29) is 0 Å². The number of nitrogens with zero attached hydrogens (tertiary/aromatic N) is 3. The Morgan fingerprint density at radius 2 is 2.00 bits per heavy atom. The van der Waals surface area contributed by atoms with E-state index in [4.69, 9.17) is 11.6 Å². The van der Waals surface area contributed by atoms with Gasteiger partial charge in [0.2, 0.25) is 0 Å². The first-order valence-corrected chi connectivity index (χ1v) is 9.22. The Morgan fingerprint density at radius 1 is 1.19 bits per heavy atom. The summed E-state index contributed by atoms with van der Waals surface area (Å²) in [4.78, 5) is 13.6. The van der Waals surface area contributed by atoms with Crippen molar-refractivity contribution in [1.29, 1.82) is 0 Å². The third-order valence-corrected chi connectivity index (χ3v) is 4.24. The van der Waals surface area contributed by atoms with E-state index in [0.29, 0.717) is 22.3 Å². The van der Waals surface area contributed by atoms with Crippen molar-refractivity contribution in [2.75, 3.05) is 11.9 Å². The van der Waals surface area contributed by atoms with Crippen molar-refractivity contribution in [1.82, 2.24) is 20.3 Å². The second kappa shape index (κ2) is 8.64. The lowest BCUT2D eigenvalue weighted by atomic mass is 10.2. The van der Waals surface area contributed by atoms with Crippen LogP contribution < -0.4 is 10.6 Å². The number of anilines is 1. The first kappa shape index (κ1) is 18.9. The van der Waals surface area contributed by atoms with Gasteiger partial charge in [0.1, 0.15) is 5.82 Å². The maximum Gasteiger partial charge on any atom is 0.165 e. The van der Waals surface area contributed by atoms with Gasteiger partial charge in [0.25, 0.3) is 0 Å². The summed E-state index contributed by atoms with van der Waals surface area (Å²) in [5.74, 6) is 1.17. The van der Waals surface area contributed by atoms with Gasteiger partial charge >= 0.3 is 0 Å². The topological polar surface area (TPSA) is 62.7 Å². The molecular formula is C21H22ClN5. The van der Waals surface area contributed by atoms with Gasteiger partial charge in [0.15, 0.2) is 11.5 Å². The number of hydrogen-bond donors (Lipinski definition) is 2. The van der Waals surface area contributed by atoms with Gasteiger partial charge in [-0.25, -0.2) is 15.0 Å². The fraction of sp³-hybridized carbons (Fsp3) is 0.190. The van der Waals surface area contributed by atoms with Crippen molar-refractivity contribution in [3.8, 4) is 11.4 Å². The zero-order valence-electron chi connectivity index (χ0n) is 15.5. The first-order valence-electron chi connectivity index (χ1n) is 8.84. The highest BCUT2D eigenvalue weighted by Crippen LogP contribution is 2.28. The largest absolute Gasteiger partial charge is 0.389 e. The zero-order chi connectivity index (χ0) is 19.2. The van der Waals surface area contributed by atoms with Crippen molar-refractivity contribution in [2.24, 2.45) is 0 Å². The van der Waals surface area contributed by atoms with Gasteiger partial charge in [0.05, 0.1) is 10.4 Å². The number of pyridine rings is 1. The smallest absolute Gasteiger partial charge is 0.165 e. The minimum Gasteiger partial charge on any atom is -0.389 e. The predicted molar refractivity (Wildman–Crippen MR) is 113 cm³/mol. The Bertz CT molecular complexity index is 997. The van der Waals surface area contributed by atoms with Crippen LogP contribution in [0.4, 0.5) is 5.82 Å². The van der Waals surface area contributed by atoms with Crippen LogP contribution in [0.5, 0.6) is 0 Å². The molecule has 0 aliphatic heterocycles. The van der Waals surface area contributed by atoms with Crippen LogP contribution in [0.25, 0.3) is 22.4 Å². The molecule has 0 saturated carbocycles. The van der Waals surface area contributed by atoms with E-state index in [1.54, 1.807) is 6.20 Å². The fourth-order valence-corrected chi connectivity index (χ4v) is 2.86. The molecule has 2 heterocycles. The number of hydrogen-bond acceptors (Lipinski definition) is 5. The molecule has 0 aliphatic rings. The van der Waals surface area contributed by atoms with Gasteiger partial charge in [0, 0.05) is 29.7 Å². The lowest BCUT2D eigenvalue weighted by Crippen LogP contribution is -2.12. The standard InChI is InChI=1S/C21H22ClN5/c1-4-11-23-14(2)13-15(3)25-21-17-9-7-12-24-19(17)26-20(27-21)16-8-5-6-10-18(16)22/h5-10,12-13,23H,3-4,11H2,1-2H3,(H,24,25,26,27)/b14-13-. The predicted octanol–water partition coefficient (Wildman–Crippen LogP) is 5.17. The van der Waals surface area contributed by atoms with Gasteiger partial charge in [-0.3, -0.25) is 0 Å². The molecule has 0 aliphatic carbocycles. The molecule has 2 N–H and O–H groups in total. The van der Waals surface area contributed by atoms with E-state index in [1.807, 2.05) is 49.4 Å². The van der Waals surface area contributed by atoms with E-state index in [0.717, 1.165) is 35.3 Å². The molecule has 27 heavy (non-hydrogen) atoms. The average molecular weight is 380 g/mol. The van der Waals surface area contributed by atoms with Crippen molar-refractivity contribution in [3.63, 3.8) is 0 Å². The Hall–Kier alpha value is -2.92. The molecule has 5 nitrogen and oxygen atoms in total. The zero-order valence-corrected chi connectivity index (χ0v) is 16.2. The van der Waals surface area contributed by atoms with Crippen molar-refractivity contribution < 1.29 is 0 Å². The molecule has 0 bridgehead atoms. The molecule has 6 heteroatoms. The Morgan fingerprint density at radius 3 is 2.78 bits per heavy atom. The molecule has 138 valence electrons. The fourth-order valence-electron chi connectivity index (χ4n) is 2.64. The summed E-state index contributed by atoms with van der Waals surface area (Å²) in [6, 6.07) is 11.3. The molecular weight excluding hydrogens is 358 g/mol. The van der Waals surface area contributed by atoms with Crippen LogP contribution in [0, 0.1) is 0 Å². The van der Waals surface area contributed by atoms with Gasteiger partial charge < -0.3 is 10.6 Å². The van der Waals surface area contributed by atoms with E-state index >= 15 is 0 Å². The molecule has 0 radical (unpaired) electrons. The summed E-state index contributed by atoms with van der Waals surface area (Å²) in [6.45, 7) is 9.15. The average Bonchev–Trinajstić information content (AvgIpc) is 2.66. The molecule has 0 atom stereocenters. The molecule has 0 unspecified atom stereocenters.